The van der Waals surface area contributed by atoms with Crippen molar-refractivity contribution in [2.45, 2.75) is 25.4 Å². The molecule has 1 aliphatic heterocycles. The van der Waals surface area contributed by atoms with Gasteiger partial charge in [-0.25, -0.2) is 0 Å². The van der Waals surface area contributed by atoms with Crippen molar-refractivity contribution in [3.8, 4) is 0 Å². The molecule has 1 aromatic heterocycles. The Morgan fingerprint density at radius 2 is 2.20 bits per heavy atom. The second-order valence-corrected chi connectivity index (χ2v) is 6.76. The minimum Gasteiger partial charge on any atom is -0.378 e. The zero-order valence-corrected chi connectivity index (χ0v) is 15.0. The van der Waals surface area contributed by atoms with Crippen LogP contribution in [0.3, 0.4) is 0 Å². The highest BCUT2D eigenvalue weighted by atomic mass is 16.2. The van der Waals surface area contributed by atoms with Crippen molar-refractivity contribution in [3.63, 3.8) is 0 Å². The molecule has 2 aromatic rings. The maximum Gasteiger partial charge on any atom is 0.234 e. The van der Waals surface area contributed by atoms with Crippen molar-refractivity contribution < 1.29 is 4.79 Å². The molecule has 1 aliphatic rings. The molecular formula is C20H26N4O. The molecule has 0 radical (unpaired) electrons. The van der Waals surface area contributed by atoms with Crippen LogP contribution in [0.15, 0.2) is 48.8 Å². The number of benzene rings is 1. The highest BCUT2D eigenvalue weighted by Crippen LogP contribution is 2.33. The van der Waals surface area contributed by atoms with Gasteiger partial charge in [0.2, 0.25) is 5.91 Å². The number of likely N-dealkylation sites (tertiary alicyclic amines) is 1. The van der Waals surface area contributed by atoms with E-state index in [1.54, 1.807) is 12.4 Å². The van der Waals surface area contributed by atoms with Gasteiger partial charge in [0.1, 0.15) is 0 Å². The number of nitrogens with zero attached hydrogens (tertiary/aromatic N) is 3. The minimum atomic E-state index is 0.0690. The summed E-state index contributed by atoms with van der Waals surface area (Å²) in [6.07, 6.45) is 5.76. The predicted molar refractivity (Wildman–Crippen MR) is 100 cm³/mol. The Bertz CT molecular complexity index is 702. The van der Waals surface area contributed by atoms with Gasteiger partial charge < -0.3 is 10.2 Å². The molecule has 1 N–H and O–H groups in total. The van der Waals surface area contributed by atoms with E-state index >= 15 is 0 Å². The van der Waals surface area contributed by atoms with Crippen LogP contribution in [0.1, 0.15) is 30.0 Å². The molecule has 0 bridgehead atoms. The quantitative estimate of drug-likeness (QED) is 0.879. The zero-order chi connectivity index (χ0) is 17.6. The molecule has 0 spiro atoms. The van der Waals surface area contributed by atoms with Gasteiger partial charge in [-0.05, 0) is 48.7 Å². The molecule has 1 saturated heterocycles. The first-order valence-electron chi connectivity index (χ1n) is 8.80. The minimum absolute atomic E-state index is 0.0690. The van der Waals surface area contributed by atoms with Crippen molar-refractivity contribution in [1.29, 1.82) is 0 Å². The Morgan fingerprint density at radius 1 is 1.32 bits per heavy atom. The van der Waals surface area contributed by atoms with Crippen LogP contribution in [0, 0.1) is 0 Å². The summed E-state index contributed by atoms with van der Waals surface area (Å²) in [5, 5.41) is 3.00. The molecule has 2 heterocycles. The van der Waals surface area contributed by atoms with Crippen molar-refractivity contribution in [1.82, 2.24) is 15.2 Å². The van der Waals surface area contributed by atoms with E-state index < -0.39 is 0 Å². The number of hydrogen-bond acceptors (Lipinski definition) is 4. The van der Waals surface area contributed by atoms with Gasteiger partial charge >= 0.3 is 0 Å². The molecule has 5 heteroatoms. The summed E-state index contributed by atoms with van der Waals surface area (Å²) in [5.41, 5.74) is 3.52. The fraction of sp³-hybridized carbons (Fsp3) is 0.400. The number of carbonyl (C=O) groups excluding carboxylic acids is 1. The maximum absolute atomic E-state index is 12.3. The molecule has 1 atom stereocenters. The number of pyridine rings is 1. The first-order chi connectivity index (χ1) is 12.1. The summed E-state index contributed by atoms with van der Waals surface area (Å²) in [7, 11) is 4.11. The highest BCUT2D eigenvalue weighted by molar-refractivity contribution is 5.78. The molecule has 1 amide bonds. The first kappa shape index (κ1) is 17.4. The lowest BCUT2D eigenvalue weighted by molar-refractivity contribution is -0.122. The van der Waals surface area contributed by atoms with Crippen LogP contribution in [-0.2, 0) is 11.3 Å². The number of anilines is 1. The van der Waals surface area contributed by atoms with E-state index in [0.717, 1.165) is 24.9 Å². The Hall–Kier alpha value is -2.40. The van der Waals surface area contributed by atoms with E-state index in [0.29, 0.717) is 19.1 Å². The Balaban J connectivity index is 1.60. The number of aromatic nitrogens is 1. The molecule has 5 nitrogen and oxygen atoms in total. The normalized spacial score (nSPS) is 17.4. The van der Waals surface area contributed by atoms with Gasteiger partial charge in [-0.15, -0.1) is 0 Å². The number of carbonyl (C=O) groups is 1. The second kappa shape index (κ2) is 8.12. The largest absolute Gasteiger partial charge is 0.378 e. The third-order valence-electron chi connectivity index (χ3n) is 4.69. The Labute approximate surface area is 149 Å². The molecule has 0 unspecified atom stereocenters. The zero-order valence-electron chi connectivity index (χ0n) is 15.0. The molecule has 25 heavy (non-hydrogen) atoms. The van der Waals surface area contributed by atoms with E-state index in [-0.39, 0.29) is 5.91 Å². The summed E-state index contributed by atoms with van der Waals surface area (Å²) in [6.45, 7) is 1.94. The van der Waals surface area contributed by atoms with Gasteiger partial charge in [-0.1, -0.05) is 18.2 Å². The maximum atomic E-state index is 12.3. The van der Waals surface area contributed by atoms with Crippen molar-refractivity contribution in [3.05, 3.63) is 59.9 Å². The Kier molecular flexibility index (Phi) is 5.66. The summed E-state index contributed by atoms with van der Waals surface area (Å²) in [4.78, 5) is 20.8. The SMILES string of the molecule is CN(C)c1cccc([C@@H]2CCCN2CC(=O)NCc2cccnc2)c1. The van der Waals surface area contributed by atoms with E-state index in [9.17, 15) is 4.79 Å². The van der Waals surface area contributed by atoms with Crippen LogP contribution in [0.2, 0.25) is 0 Å². The van der Waals surface area contributed by atoms with Crippen LogP contribution < -0.4 is 10.2 Å². The average Bonchev–Trinajstić information content (AvgIpc) is 3.09. The third-order valence-corrected chi connectivity index (χ3v) is 4.69. The lowest BCUT2D eigenvalue weighted by Gasteiger charge is -2.25. The van der Waals surface area contributed by atoms with Gasteiger partial charge in [0, 0.05) is 44.8 Å². The summed E-state index contributed by atoms with van der Waals surface area (Å²) in [5.74, 6) is 0.0690. The second-order valence-electron chi connectivity index (χ2n) is 6.76. The van der Waals surface area contributed by atoms with Gasteiger partial charge in [-0.3, -0.25) is 14.7 Å². The Morgan fingerprint density at radius 3 is 2.96 bits per heavy atom. The van der Waals surface area contributed by atoms with Crippen LogP contribution in [0.4, 0.5) is 5.69 Å². The van der Waals surface area contributed by atoms with E-state index in [2.05, 4.69) is 58.5 Å². The topological polar surface area (TPSA) is 48.5 Å². The third kappa shape index (κ3) is 4.57. The molecule has 3 rings (SSSR count). The lowest BCUT2D eigenvalue weighted by atomic mass is 10.0. The summed E-state index contributed by atoms with van der Waals surface area (Å²) in [6, 6.07) is 12.8. The van der Waals surface area contributed by atoms with Crippen LogP contribution in [-0.4, -0.2) is 43.0 Å². The standard InChI is InChI=1S/C20H26N4O/c1-23(2)18-8-3-7-17(12-18)19-9-5-11-24(19)15-20(25)22-14-16-6-4-10-21-13-16/h3-4,6-8,10,12-13,19H,5,9,11,14-15H2,1-2H3,(H,22,25)/t19-/m0/s1. The monoisotopic (exact) mass is 338 g/mol. The average molecular weight is 338 g/mol. The van der Waals surface area contributed by atoms with Gasteiger partial charge in [0.25, 0.3) is 0 Å². The van der Waals surface area contributed by atoms with E-state index in [1.165, 1.54) is 11.3 Å². The van der Waals surface area contributed by atoms with E-state index in [1.807, 2.05) is 12.1 Å². The number of amides is 1. The number of nitrogens with one attached hydrogen (secondary N) is 1. The first-order valence-corrected chi connectivity index (χ1v) is 8.80. The predicted octanol–water partition coefficient (Wildman–Crippen LogP) is 2.60. The fourth-order valence-corrected chi connectivity index (χ4v) is 3.35. The smallest absolute Gasteiger partial charge is 0.234 e. The molecule has 0 saturated carbocycles. The molecular weight excluding hydrogens is 312 g/mol. The van der Waals surface area contributed by atoms with Gasteiger partial charge in [0.15, 0.2) is 0 Å². The van der Waals surface area contributed by atoms with Crippen molar-refractivity contribution >= 4 is 11.6 Å². The number of rotatable bonds is 6. The molecule has 0 aliphatic carbocycles. The van der Waals surface area contributed by atoms with E-state index in [4.69, 9.17) is 0 Å². The highest BCUT2D eigenvalue weighted by Gasteiger charge is 2.27. The fourth-order valence-electron chi connectivity index (χ4n) is 3.35. The number of hydrogen-bond donors (Lipinski definition) is 1. The summed E-state index contributed by atoms with van der Waals surface area (Å²) >= 11 is 0. The van der Waals surface area contributed by atoms with Crippen LogP contribution >= 0.6 is 0 Å². The summed E-state index contributed by atoms with van der Waals surface area (Å²) < 4.78 is 0. The van der Waals surface area contributed by atoms with Crippen molar-refractivity contribution in [2.75, 3.05) is 32.1 Å². The lowest BCUT2D eigenvalue weighted by Crippen LogP contribution is -2.36. The molecule has 132 valence electrons. The van der Waals surface area contributed by atoms with Gasteiger partial charge in [-0.2, -0.15) is 0 Å². The van der Waals surface area contributed by atoms with Crippen molar-refractivity contribution in [2.24, 2.45) is 0 Å². The van der Waals surface area contributed by atoms with Gasteiger partial charge in [0.05, 0.1) is 6.54 Å². The van der Waals surface area contributed by atoms with Crippen LogP contribution in [0.25, 0.3) is 0 Å². The van der Waals surface area contributed by atoms with Crippen LogP contribution in [0.5, 0.6) is 0 Å². The molecule has 1 fully saturated rings. The molecule has 1 aromatic carbocycles.